The van der Waals surface area contributed by atoms with Gasteiger partial charge < -0.3 is 25.1 Å². The van der Waals surface area contributed by atoms with E-state index in [0.717, 1.165) is 0 Å². The fourth-order valence-electron chi connectivity index (χ4n) is 2.66. The van der Waals surface area contributed by atoms with Gasteiger partial charge in [-0.2, -0.15) is 0 Å². The van der Waals surface area contributed by atoms with Gasteiger partial charge in [0.05, 0.1) is 24.7 Å². The van der Waals surface area contributed by atoms with Crippen molar-refractivity contribution in [1.29, 1.82) is 0 Å². The Morgan fingerprint density at radius 1 is 1.08 bits per heavy atom. The molecule has 1 aliphatic rings. The lowest BCUT2D eigenvalue weighted by atomic mass is 9.82. The normalized spacial score (nSPS) is 17.2. The number of carbonyl (C=O) groups is 2. The third-order valence-corrected chi connectivity index (χ3v) is 3.70. The first-order valence-electron chi connectivity index (χ1n) is 7.92. The lowest BCUT2D eigenvalue weighted by molar-refractivity contribution is -0.140. The Kier molecular flexibility index (Phi) is 5.69. The van der Waals surface area contributed by atoms with Crippen LogP contribution in [0.3, 0.4) is 0 Å². The van der Waals surface area contributed by atoms with Crippen LogP contribution in [-0.4, -0.2) is 30.3 Å². The summed E-state index contributed by atoms with van der Waals surface area (Å²) in [5.41, 5.74) is 6.69. The molecule has 0 fully saturated rings. The molecule has 0 saturated heterocycles. The monoisotopic (exact) mass is 347 g/mol. The largest absolute Gasteiger partial charge is 0.508 e. The summed E-state index contributed by atoms with van der Waals surface area (Å²) in [4.78, 5) is 24.9. The Balaban J connectivity index is 2.61. The number of ether oxygens (including phenoxy) is 3. The standard InChI is InChI=1S/C18H21NO6/c1-4-23-17(21)13-10(3)25-16(19)15(18(22)24-5-2)14(13)11-6-8-12(20)9-7-11/h6-9,14,20H,4-5,19H2,1-3H3/t14-/m1/s1. The maximum Gasteiger partial charge on any atom is 0.340 e. The number of allylic oxidation sites excluding steroid dienone is 1. The fraction of sp³-hybridized carbons (Fsp3) is 0.333. The molecule has 1 heterocycles. The molecule has 0 spiro atoms. The van der Waals surface area contributed by atoms with Gasteiger partial charge >= 0.3 is 11.9 Å². The van der Waals surface area contributed by atoms with E-state index in [-0.39, 0.29) is 41.8 Å². The summed E-state index contributed by atoms with van der Waals surface area (Å²) in [6, 6.07) is 6.12. The zero-order valence-corrected chi connectivity index (χ0v) is 14.4. The molecule has 0 radical (unpaired) electrons. The zero-order chi connectivity index (χ0) is 18.6. The molecule has 0 aliphatic carbocycles. The molecule has 0 saturated carbocycles. The van der Waals surface area contributed by atoms with Crippen molar-refractivity contribution in [3.8, 4) is 5.75 Å². The highest BCUT2D eigenvalue weighted by atomic mass is 16.5. The third kappa shape index (κ3) is 3.76. The van der Waals surface area contributed by atoms with Crippen LogP contribution >= 0.6 is 0 Å². The molecule has 0 bridgehead atoms. The van der Waals surface area contributed by atoms with Crippen molar-refractivity contribution in [2.45, 2.75) is 26.7 Å². The minimum absolute atomic E-state index is 0.0289. The van der Waals surface area contributed by atoms with Crippen molar-refractivity contribution >= 4 is 11.9 Å². The molecule has 3 N–H and O–H groups in total. The molecule has 0 amide bonds. The number of benzene rings is 1. The molecule has 1 atom stereocenters. The topological polar surface area (TPSA) is 108 Å². The zero-order valence-electron chi connectivity index (χ0n) is 14.4. The highest BCUT2D eigenvalue weighted by Gasteiger charge is 2.39. The first-order valence-corrected chi connectivity index (χ1v) is 7.92. The van der Waals surface area contributed by atoms with E-state index in [1.807, 2.05) is 0 Å². The van der Waals surface area contributed by atoms with E-state index in [1.165, 1.54) is 12.1 Å². The van der Waals surface area contributed by atoms with E-state index in [2.05, 4.69) is 0 Å². The molecule has 1 aromatic rings. The SMILES string of the molecule is CCOC(=O)C1=C(C)OC(N)=C(C(=O)OCC)[C@@H]1c1ccc(O)cc1. The fourth-order valence-corrected chi connectivity index (χ4v) is 2.66. The minimum atomic E-state index is -0.813. The molecule has 25 heavy (non-hydrogen) atoms. The Morgan fingerprint density at radius 3 is 2.12 bits per heavy atom. The Morgan fingerprint density at radius 2 is 1.60 bits per heavy atom. The highest BCUT2D eigenvalue weighted by Crippen LogP contribution is 2.40. The summed E-state index contributed by atoms with van der Waals surface area (Å²) < 4.78 is 15.6. The Hall–Kier alpha value is -2.96. The molecular formula is C18H21NO6. The molecule has 0 unspecified atom stereocenters. The molecule has 7 nitrogen and oxygen atoms in total. The van der Waals surface area contributed by atoms with E-state index in [4.69, 9.17) is 19.9 Å². The van der Waals surface area contributed by atoms with Gasteiger partial charge in [-0.25, -0.2) is 9.59 Å². The van der Waals surface area contributed by atoms with Crippen molar-refractivity contribution in [2.24, 2.45) is 5.73 Å². The van der Waals surface area contributed by atoms with Crippen LogP contribution in [0.2, 0.25) is 0 Å². The lowest BCUT2D eigenvalue weighted by Gasteiger charge is -2.28. The van der Waals surface area contributed by atoms with Gasteiger partial charge in [0, 0.05) is 0 Å². The molecular weight excluding hydrogens is 326 g/mol. The number of hydrogen-bond donors (Lipinski definition) is 2. The number of aromatic hydroxyl groups is 1. The molecule has 134 valence electrons. The number of rotatable bonds is 5. The van der Waals surface area contributed by atoms with E-state index in [9.17, 15) is 14.7 Å². The second-order valence-electron chi connectivity index (χ2n) is 5.32. The van der Waals surface area contributed by atoms with Crippen LogP contribution in [0.1, 0.15) is 32.3 Å². The summed E-state index contributed by atoms with van der Waals surface area (Å²) in [5.74, 6) is -1.90. The van der Waals surface area contributed by atoms with Crippen LogP contribution in [-0.2, 0) is 23.8 Å². The van der Waals surface area contributed by atoms with Crippen molar-refractivity contribution in [3.05, 3.63) is 52.6 Å². The Labute approximate surface area is 145 Å². The average molecular weight is 347 g/mol. The van der Waals surface area contributed by atoms with Gasteiger partial charge in [0.15, 0.2) is 0 Å². The van der Waals surface area contributed by atoms with Crippen LogP contribution in [0.25, 0.3) is 0 Å². The minimum Gasteiger partial charge on any atom is -0.508 e. The predicted molar refractivity (Wildman–Crippen MR) is 89.1 cm³/mol. The van der Waals surface area contributed by atoms with Gasteiger partial charge in [0.1, 0.15) is 17.1 Å². The average Bonchev–Trinajstić information content (AvgIpc) is 2.55. The number of phenolic OH excluding ortho intramolecular Hbond substituents is 1. The summed E-state index contributed by atoms with van der Waals surface area (Å²) in [6.07, 6.45) is 0. The summed E-state index contributed by atoms with van der Waals surface area (Å²) in [6.45, 7) is 5.25. The number of carbonyl (C=O) groups excluding carboxylic acids is 2. The van der Waals surface area contributed by atoms with E-state index < -0.39 is 17.9 Å². The number of esters is 2. The highest BCUT2D eigenvalue weighted by molar-refractivity contribution is 5.99. The molecule has 1 aliphatic heterocycles. The van der Waals surface area contributed by atoms with Crippen molar-refractivity contribution < 1.29 is 28.9 Å². The summed E-state index contributed by atoms with van der Waals surface area (Å²) >= 11 is 0. The van der Waals surface area contributed by atoms with Crippen LogP contribution in [0.4, 0.5) is 0 Å². The van der Waals surface area contributed by atoms with Gasteiger partial charge in [0.25, 0.3) is 0 Å². The lowest BCUT2D eigenvalue weighted by Crippen LogP contribution is -2.30. The van der Waals surface area contributed by atoms with Gasteiger partial charge in [-0.15, -0.1) is 0 Å². The molecule has 7 heteroatoms. The van der Waals surface area contributed by atoms with Crippen molar-refractivity contribution in [2.75, 3.05) is 13.2 Å². The summed E-state index contributed by atoms with van der Waals surface area (Å²) in [7, 11) is 0. The summed E-state index contributed by atoms with van der Waals surface area (Å²) in [5, 5.41) is 9.52. The van der Waals surface area contributed by atoms with Gasteiger partial charge in [-0.1, -0.05) is 12.1 Å². The maximum absolute atomic E-state index is 12.5. The second-order valence-corrected chi connectivity index (χ2v) is 5.32. The first-order chi connectivity index (χ1) is 11.9. The van der Waals surface area contributed by atoms with Gasteiger partial charge in [-0.05, 0) is 38.5 Å². The maximum atomic E-state index is 12.5. The first kappa shape index (κ1) is 18.4. The van der Waals surface area contributed by atoms with Gasteiger partial charge in [-0.3, -0.25) is 0 Å². The van der Waals surface area contributed by atoms with Crippen LogP contribution in [0, 0.1) is 0 Å². The number of phenols is 1. The number of nitrogens with two attached hydrogens (primary N) is 1. The third-order valence-electron chi connectivity index (χ3n) is 3.70. The molecule has 0 aromatic heterocycles. The van der Waals surface area contributed by atoms with E-state index >= 15 is 0 Å². The van der Waals surface area contributed by atoms with Crippen molar-refractivity contribution in [3.63, 3.8) is 0 Å². The van der Waals surface area contributed by atoms with Crippen molar-refractivity contribution in [1.82, 2.24) is 0 Å². The second kappa shape index (κ2) is 7.74. The van der Waals surface area contributed by atoms with Gasteiger partial charge in [0.2, 0.25) is 5.88 Å². The smallest absolute Gasteiger partial charge is 0.340 e. The van der Waals surface area contributed by atoms with E-state index in [0.29, 0.717) is 5.56 Å². The van der Waals surface area contributed by atoms with Crippen LogP contribution in [0.5, 0.6) is 5.75 Å². The van der Waals surface area contributed by atoms with Crippen LogP contribution < -0.4 is 5.73 Å². The quantitative estimate of drug-likeness (QED) is 0.785. The predicted octanol–water partition coefficient (Wildman–Crippen LogP) is 2.08. The van der Waals surface area contributed by atoms with Crippen LogP contribution in [0.15, 0.2) is 47.1 Å². The molecule has 1 aromatic carbocycles. The number of hydrogen-bond acceptors (Lipinski definition) is 7. The van der Waals surface area contributed by atoms with E-state index in [1.54, 1.807) is 32.9 Å². The molecule has 2 rings (SSSR count). The Bertz CT molecular complexity index is 692.